The lowest BCUT2D eigenvalue weighted by molar-refractivity contribution is 0.207. The minimum absolute atomic E-state index is 0.419. The maximum absolute atomic E-state index is 5.02. The summed E-state index contributed by atoms with van der Waals surface area (Å²) in [5.74, 6) is 1.27. The number of para-hydroxylation sites is 2. The van der Waals surface area contributed by atoms with Crippen molar-refractivity contribution in [3.05, 3.63) is 30.1 Å². The van der Waals surface area contributed by atoms with Crippen molar-refractivity contribution in [3.63, 3.8) is 0 Å². The summed E-state index contributed by atoms with van der Waals surface area (Å²) in [6.07, 6.45) is 9.25. The first-order valence-corrected chi connectivity index (χ1v) is 9.50. The Balaban J connectivity index is 1.89. The van der Waals surface area contributed by atoms with Crippen molar-refractivity contribution in [1.29, 1.82) is 0 Å². The summed E-state index contributed by atoms with van der Waals surface area (Å²) in [4.78, 5) is 7.66. The molecule has 23 heavy (non-hydrogen) atoms. The molecule has 1 atom stereocenters. The van der Waals surface area contributed by atoms with E-state index in [0.717, 1.165) is 12.1 Å². The Morgan fingerprint density at radius 2 is 1.78 bits per heavy atom. The molecule has 1 fully saturated rings. The van der Waals surface area contributed by atoms with E-state index in [0.29, 0.717) is 6.04 Å². The third-order valence-corrected chi connectivity index (χ3v) is 5.23. The topological polar surface area (TPSA) is 21.1 Å². The Labute approximate surface area is 140 Å². The molecule has 1 unspecified atom stereocenters. The van der Waals surface area contributed by atoms with Crippen molar-refractivity contribution in [1.82, 2.24) is 14.5 Å². The molecule has 2 heterocycles. The van der Waals surface area contributed by atoms with E-state index >= 15 is 0 Å². The monoisotopic (exact) mass is 313 g/mol. The van der Waals surface area contributed by atoms with Gasteiger partial charge >= 0.3 is 0 Å². The van der Waals surface area contributed by atoms with Crippen LogP contribution >= 0.6 is 0 Å². The van der Waals surface area contributed by atoms with E-state index in [9.17, 15) is 0 Å². The highest BCUT2D eigenvalue weighted by Gasteiger charge is 2.22. The lowest BCUT2D eigenvalue weighted by atomic mass is 10.2. The van der Waals surface area contributed by atoms with Crippen LogP contribution in [0.15, 0.2) is 24.3 Å². The molecule has 126 valence electrons. The summed E-state index contributed by atoms with van der Waals surface area (Å²) in [6, 6.07) is 9.05. The fourth-order valence-electron chi connectivity index (χ4n) is 3.81. The van der Waals surface area contributed by atoms with Gasteiger partial charge < -0.3 is 4.57 Å². The number of imidazole rings is 1. The summed E-state index contributed by atoms with van der Waals surface area (Å²) < 4.78 is 2.49. The molecular weight excluding hydrogens is 282 g/mol. The van der Waals surface area contributed by atoms with Crippen LogP contribution in [0.3, 0.4) is 0 Å². The van der Waals surface area contributed by atoms with Crippen molar-refractivity contribution in [2.24, 2.45) is 0 Å². The Hall–Kier alpha value is -1.35. The second-order valence-electron chi connectivity index (χ2n) is 6.94. The summed E-state index contributed by atoms with van der Waals surface area (Å²) in [5.41, 5.74) is 2.46. The maximum atomic E-state index is 5.02. The predicted molar refractivity (Wildman–Crippen MR) is 97.7 cm³/mol. The van der Waals surface area contributed by atoms with Gasteiger partial charge in [0.1, 0.15) is 5.82 Å². The highest BCUT2D eigenvalue weighted by Crippen LogP contribution is 2.27. The SMILES string of the molecule is CCCCCn1c(C(C)N2CCCCCC2)nc2ccccc21. The molecule has 0 spiro atoms. The number of likely N-dealkylation sites (tertiary alicyclic amines) is 1. The molecule has 0 amide bonds. The molecule has 1 saturated heterocycles. The zero-order valence-electron chi connectivity index (χ0n) is 14.8. The van der Waals surface area contributed by atoms with Gasteiger partial charge in [-0.2, -0.15) is 0 Å². The third kappa shape index (κ3) is 3.77. The molecule has 0 saturated carbocycles. The normalized spacial score (nSPS) is 18.2. The second-order valence-corrected chi connectivity index (χ2v) is 6.94. The molecule has 3 heteroatoms. The number of hydrogen-bond acceptors (Lipinski definition) is 2. The van der Waals surface area contributed by atoms with Gasteiger partial charge in [0.05, 0.1) is 17.1 Å². The van der Waals surface area contributed by atoms with Gasteiger partial charge in [-0.3, -0.25) is 4.90 Å². The average molecular weight is 313 g/mol. The van der Waals surface area contributed by atoms with Crippen LogP contribution in [0, 0.1) is 0 Å². The molecule has 1 aliphatic heterocycles. The van der Waals surface area contributed by atoms with Gasteiger partial charge in [0.25, 0.3) is 0 Å². The zero-order chi connectivity index (χ0) is 16.1. The van der Waals surface area contributed by atoms with Gasteiger partial charge in [0.2, 0.25) is 0 Å². The van der Waals surface area contributed by atoms with E-state index in [1.807, 2.05) is 0 Å². The fourth-order valence-corrected chi connectivity index (χ4v) is 3.81. The van der Waals surface area contributed by atoms with Crippen LogP contribution in [0.1, 0.15) is 70.7 Å². The highest BCUT2D eigenvalue weighted by molar-refractivity contribution is 5.76. The van der Waals surface area contributed by atoms with Crippen molar-refractivity contribution < 1.29 is 0 Å². The smallest absolute Gasteiger partial charge is 0.127 e. The number of unbranched alkanes of at least 4 members (excludes halogenated alkanes) is 2. The third-order valence-electron chi connectivity index (χ3n) is 5.23. The Morgan fingerprint density at radius 1 is 1.04 bits per heavy atom. The molecule has 0 radical (unpaired) electrons. The van der Waals surface area contributed by atoms with Crippen LogP contribution in [-0.4, -0.2) is 27.5 Å². The van der Waals surface area contributed by atoms with Gasteiger partial charge in [-0.05, 0) is 51.4 Å². The first-order chi connectivity index (χ1) is 11.3. The van der Waals surface area contributed by atoms with E-state index in [1.54, 1.807) is 0 Å². The minimum Gasteiger partial charge on any atom is -0.327 e. The summed E-state index contributed by atoms with van der Waals surface area (Å²) in [6.45, 7) is 8.16. The second kappa shape index (κ2) is 7.96. The largest absolute Gasteiger partial charge is 0.327 e. The number of fused-ring (bicyclic) bond motifs is 1. The lowest BCUT2D eigenvalue weighted by Crippen LogP contribution is -2.30. The van der Waals surface area contributed by atoms with Crippen LogP contribution in [0.4, 0.5) is 0 Å². The van der Waals surface area contributed by atoms with Gasteiger partial charge in [-0.25, -0.2) is 4.98 Å². The van der Waals surface area contributed by atoms with E-state index in [2.05, 4.69) is 47.6 Å². The van der Waals surface area contributed by atoms with Crippen molar-refractivity contribution in [2.75, 3.05) is 13.1 Å². The molecule has 1 aromatic heterocycles. The molecule has 0 bridgehead atoms. The number of nitrogens with zero attached hydrogens (tertiary/aromatic N) is 3. The average Bonchev–Trinajstić information content (AvgIpc) is 2.75. The van der Waals surface area contributed by atoms with E-state index in [1.165, 1.54) is 69.4 Å². The molecule has 1 aliphatic rings. The van der Waals surface area contributed by atoms with E-state index < -0.39 is 0 Å². The summed E-state index contributed by atoms with van der Waals surface area (Å²) >= 11 is 0. The van der Waals surface area contributed by atoms with E-state index in [-0.39, 0.29) is 0 Å². The summed E-state index contributed by atoms with van der Waals surface area (Å²) in [7, 11) is 0. The van der Waals surface area contributed by atoms with Gasteiger partial charge in [0.15, 0.2) is 0 Å². The Kier molecular flexibility index (Phi) is 5.71. The Morgan fingerprint density at radius 3 is 2.52 bits per heavy atom. The lowest BCUT2D eigenvalue weighted by Gasteiger charge is -2.27. The fraction of sp³-hybridized carbons (Fsp3) is 0.650. The zero-order valence-corrected chi connectivity index (χ0v) is 14.8. The minimum atomic E-state index is 0.419. The molecule has 0 N–H and O–H groups in total. The van der Waals surface area contributed by atoms with Crippen LogP contribution in [0.25, 0.3) is 11.0 Å². The molecular formula is C20H31N3. The predicted octanol–water partition coefficient (Wildman–Crippen LogP) is 5.16. The number of aromatic nitrogens is 2. The number of rotatable bonds is 6. The van der Waals surface area contributed by atoms with Crippen molar-refractivity contribution >= 4 is 11.0 Å². The highest BCUT2D eigenvalue weighted by atomic mass is 15.2. The number of aryl methyl sites for hydroxylation is 1. The van der Waals surface area contributed by atoms with Gasteiger partial charge in [-0.15, -0.1) is 0 Å². The number of hydrogen-bond donors (Lipinski definition) is 0. The van der Waals surface area contributed by atoms with Crippen LogP contribution in [0.5, 0.6) is 0 Å². The maximum Gasteiger partial charge on any atom is 0.127 e. The van der Waals surface area contributed by atoms with E-state index in [4.69, 9.17) is 4.98 Å². The quantitative estimate of drug-likeness (QED) is 0.687. The van der Waals surface area contributed by atoms with Crippen molar-refractivity contribution in [3.8, 4) is 0 Å². The molecule has 3 rings (SSSR count). The van der Waals surface area contributed by atoms with Gasteiger partial charge in [-0.1, -0.05) is 44.7 Å². The van der Waals surface area contributed by atoms with Crippen LogP contribution < -0.4 is 0 Å². The first kappa shape index (κ1) is 16.5. The molecule has 0 aliphatic carbocycles. The standard InChI is InChI=1S/C20H31N3/c1-3-4-9-16-23-19-13-8-7-12-18(19)21-20(23)17(2)22-14-10-5-6-11-15-22/h7-8,12-13,17H,3-6,9-11,14-16H2,1-2H3. The Bertz CT molecular complexity index is 608. The summed E-state index contributed by atoms with van der Waals surface area (Å²) in [5, 5.41) is 0. The first-order valence-electron chi connectivity index (χ1n) is 9.50. The molecule has 1 aromatic carbocycles. The van der Waals surface area contributed by atoms with Crippen molar-refractivity contribution in [2.45, 2.75) is 71.4 Å². The number of benzene rings is 1. The van der Waals surface area contributed by atoms with Crippen LogP contribution in [0.2, 0.25) is 0 Å². The van der Waals surface area contributed by atoms with Crippen LogP contribution in [-0.2, 0) is 6.54 Å². The molecule has 3 nitrogen and oxygen atoms in total. The molecule has 2 aromatic rings. The van der Waals surface area contributed by atoms with Gasteiger partial charge in [0, 0.05) is 6.54 Å².